The van der Waals surface area contributed by atoms with E-state index in [1.807, 2.05) is 58.1 Å². The number of ether oxygens (including phenoxy) is 2. The highest BCUT2D eigenvalue weighted by molar-refractivity contribution is 7.80. The fourth-order valence-corrected chi connectivity index (χ4v) is 4.36. The van der Waals surface area contributed by atoms with Crippen LogP contribution in [-0.2, 0) is 14.3 Å². The molecule has 3 aromatic rings. The second-order valence-electron chi connectivity index (χ2n) is 7.49. The lowest BCUT2D eigenvalue weighted by Crippen LogP contribution is -2.32. The molecule has 1 fully saturated rings. The second kappa shape index (κ2) is 9.83. The maximum Gasteiger partial charge on any atom is 0.337 e. The van der Waals surface area contributed by atoms with Crippen molar-refractivity contribution in [2.24, 2.45) is 0 Å². The second-order valence-corrected chi connectivity index (χ2v) is 7.87. The number of nitrogens with zero attached hydrogens (tertiary/aromatic N) is 3. The number of rotatable bonds is 7. The highest BCUT2D eigenvalue weighted by atomic mass is 32.1. The predicted molar refractivity (Wildman–Crippen MR) is 126 cm³/mol. The minimum absolute atomic E-state index is 0.207. The van der Waals surface area contributed by atoms with Gasteiger partial charge in [0.15, 0.2) is 5.11 Å². The van der Waals surface area contributed by atoms with Gasteiger partial charge >= 0.3 is 11.9 Å². The standard InChI is InChI=1S/C24H24N4O4S/c1-31-20(29)12-15-28-22(21(26-24(28)33)18-6-3-4-13-25-18)19-7-5-14-27(19)17-10-8-16(9-11-17)23(30)32-2/h3-11,13-14,21-22H,12,15H2,1-2H3,(H,26,33)/t21-,22-/m0/s1. The van der Waals surface area contributed by atoms with Gasteiger partial charge in [-0.25, -0.2) is 4.79 Å². The van der Waals surface area contributed by atoms with E-state index in [4.69, 9.17) is 21.7 Å². The van der Waals surface area contributed by atoms with E-state index in [2.05, 4.69) is 10.3 Å². The van der Waals surface area contributed by atoms with E-state index in [0.717, 1.165) is 17.1 Å². The van der Waals surface area contributed by atoms with Gasteiger partial charge in [-0.3, -0.25) is 9.78 Å². The lowest BCUT2D eigenvalue weighted by Gasteiger charge is -2.28. The molecule has 4 rings (SSSR count). The summed E-state index contributed by atoms with van der Waals surface area (Å²) in [5.74, 6) is -0.685. The van der Waals surface area contributed by atoms with Crippen LogP contribution in [0.25, 0.3) is 5.69 Å². The first-order valence-electron chi connectivity index (χ1n) is 10.4. The van der Waals surface area contributed by atoms with Gasteiger partial charge in [-0.1, -0.05) is 6.07 Å². The van der Waals surface area contributed by atoms with Crippen LogP contribution in [0, 0.1) is 0 Å². The molecular weight excluding hydrogens is 440 g/mol. The summed E-state index contributed by atoms with van der Waals surface area (Å²) in [6, 6.07) is 16.5. The fraction of sp³-hybridized carbons (Fsp3) is 0.250. The molecule has 0 saturated carbocycles. The van der Waals surface area contributed by atoms with Crippen LogP contribution < -0.4 is 5.32 Å². The topological polar surface area (TPSA) is 85.7 Å². The summed E-state index contributed by atoms with van der Waals surface area (Å²) in [7, 11) is 2.73. The molecule has 0 aliphatic carbocycles. The van der Waals surface area contributed by atoms with Crippen molar-refractivity contribution < 1.29 is 19.1 Å². The van der Waals surface area contributed by atoms with Gasteiger partial charge in [-0.15, -0.1) is 0 Å². The molecule has 0 bridgehead atoms. The first-order valence-corrected chi connectivity index (χ1v) is 10.8. The van der Waals surface area contributed by atoms with Gasteiger partial charge in [0.05, 0.1) is 44.0 Å². The Hall–Kier alpha value is -3.72. The van der Waals surface area contributed by atoms with E-state index in [-0.39, 0.29) is 30.4 Å². The van der Waals surface area contributed by atoms with Crippen molar-refractivity contribution in [1.82, 2.24) is 19.8 Å². The summed E-state index contributed by atoms with van der Waals surface area (Å²) < 4.78 is 11.7. The summed E-state index contributed by atoms with van der Waals surface area (Å²) in [5.41, 5.74) is 3.17. The molecule has 9 heteroatoms. The van der Waals surface area contributed by atoms with E-state index in [1.54, 1.807) is 18.3 Å². The molecule has 0 unspecified atom stereocenters. The largest absolute Gasteiger partial charge is 0.469 e. The van der Waals surface area contributed by atoms with Crippen LogP contribution in [0.15, 0.2) is 67.0 Å². The van der Waals surface area contributed by atoms with Gasteiger partial charge in [0.2, 0.25) is 0 Å². The van der Waals surface area contributed by atoms with Crippen LogP contribution in [0.2, 0.25) is 0 Å². The zero-order valence-electron chi connectivity index (χ0n) is 18.3. The van der Waals surface area contributed by atoms with Crippen molar-refractivity contribution in [3.05, 3.63) is 83.9 Å². The molecule has 8 nitrogen and oxygen atoms in total. The van der Waals surface area contributed by atoms with Crippen LogP contribution in [0.1, 0.15) is 40.3 Å². The average molecular weight is 465 g/mol. The molecule has 1 aromatic carbocycles. The van der Waals surface area contributed by atoms with E-state index in [9.17, 15) is 9.59 Å². The molecule has 1 saturated heterocycles. The molecule has 1 N–H and O–H groups in total. The number of carbonyl (C=O) groups excluding carboxylic acids is 2. The zero-order chi connectivity index (χ0) is 23.4. The Morgan fingerprint density at radius 1 is 1.06 bits per heavy atom. The van der Waals surface area contributed by atoms with Crippen molar-refractivity contribution in [3.8, 4) is 5.69 Å². The number of methoxy groups -OCH3 is 2. The normalized spacial score (nSPS) is 17.5. The summed E-state index contributed by atoms with van der Waals surface area (Å²) in [6.45, 7) is 0.402. The Morgan fingerprint density at radius 3 is 2.52 bits per heavy atom. The number of thiocarbonyl (C=S) groups is 1. The van der Waals surface area contributed by atoms with Crippen LogP contribution in [0.3, 0.4) is 0 Å². The highest BCUT2D eigenvalue weighted by Gasteiger charge is 2.41. The third-order valence-electron chi connectivity index (χ3n) is 5.63. The molecule has 0 spiro atoms. The Kier molecular flexibility index (Phi) is 6.69. The maximum atomic E-state index is 11.9. The van der Waals surface area contributed by atoms with Gasteiger partial charge in [0, 0.05) is 30.3 Å². The lowest BCUT2D eigenvalue weighted by atomic mass is 10.0. The molecule has 0 radical (unpaired) electrons. The Labute approximate surface area is 197 Å². The number of aromatic nitrogens is 2. The molecule has 1 aliphatic heterocycles. The average Bonchev–Trinajstić information content (AvgIpc) is 3.46. The molecule has 0 amide bonds. The third-order valence-corrected chi connectivity index (χ3v) is 5.98. The van der Waals surface area contributed by atoms with E-state index < -0.39 is 0 Å². The highest BCUT2D eigenvalue weighted by Crippen LogP contribution is 2.39. The molecule has 2 atom stereocenters. The third kappa shape index (κ3) is 4.58. The van der Waals surface area contributed by atoms with Crippen molar-refractivity contribution in [2.75, 3.05) is 20.8 Å². The molecule has 33 heavy (non-hydrogen) atoms. The number of pyridine rings is 1. The number of carbonyl (C=O) groups is 2. The van der Waals surface area contributed by atoms with Gasteiger partial charge < -0.3 is 24.3 Å². The summed E-state index contributed by atoms with van der Waals surface area (Å²) >= 11 is 5.65. The number of esters is 2. The smallest absolute Gasteiger partial charge is 0.337 e. The van der Waals surface area contributed by atoms with Gasteiger partial charge in [-0.05, 0) is 60.7 Å². The Balaban J connectivity index is 1.73. The zero-order valence-corrected chi connectivity index (χ0v) is 19.1. The quantitative estimate of drug-likeness (QED) is 0.422. The van der Waals surface area contributed by atoms with E-state index in [1.165, 1.54) is 14.2 Å². The van der Waals surface area contributed by atoms with E-state index in [0.29, 0.717) is 17.2 Å². The summed E-state index contributed by atoms with van der Waals surface area (Å²) in [6.07, 6.45) is 3.91. The SMILES string of the molecule is COC(=O)CCN1C(=S)N[C@@H](c2ccccn2)[C@@H]1c1cccn1-c1ccc(C(=O)OC)cc1. The van der Waals surface area contributed by atoms with Crippen molar-refractivity contribution >= 4 is 29.3 Å². The lowest BCUT2D eigenvalue weighted by molar-refractivity contribution is -0.140. The Morgan fingerprint density at radius 2 is 1.85 bits per heavy atom. The number of nitrogens with one attached hydrogen (secondary N) is 1. The van der Waals surface area contributed by atoms with Crippen molar-refractivity contribution in [2.45, 2.75) is 18.5 Å². The minimum Gasteiger partial charge on any atom is -0.469 e. The molecule has 1 aliphatic rings. The first-order chi connectivity index (χ1) is 16.0. The maximum absolute atomic E-state index is 11.9. The minimum atomic E-state index is -0.385. The summed E-state index contributed by atoms with van der Waals surface area (Å²) in [4.78, 5) is 30.2. The fourth-order valence-electron chi connectivity index (χ4n) is 4.03. The predicted octanol–water partition coefficient (Wildman–Crippen LogP) is 3.19. The van der Waals surface area contributed by atoms with Gasteiger partial charge in [0.25, 0.3) is 0 Å². The van der Waals surface area contributed by atoms with Crippen LogP contribution >= 0.6 is 12.2 Å². The Bertz CT molecular complexity index is 1150. The molecule has 2 aromatic heterocycles. The van der Waals surface area contributed by atoms with Gasteiger partial charge in [-0.2, -0.15) is 0 Å². The monoisotopic (exact) mass is 464 g/mol. The number of benzene rings is 1. The molecular formula is C24H24N4O4S. The summed E-state index contributed by atoms with van der Waals surface area (Å²) in [5, 5.41) is 3.93. The van der Waals surface area contributed by atoms with Crippen LogP contribution in [0.5, 0.6) is 0 Å². The van der Waals surface area contributed by atoms with E-state index >= 15 is 0 Å². The van der Waals surface area contributed by atoms with Gasteiger partial charge in [0.1, 0.15) is 0 Å². The van der Waals surface area contributed by atoms with Crippen molar-refractivity contribution in [3.63, 3.8) is 0 Å². The van der Waals surface area contributed by atoms with Crippen LogP contribution in [0.4, 0.5) is 0 Å². The number of hydrogen-bond donors (Lipinski definition) is 1. The molecule has 3 heterocycles. The van der Waals surface area contributed by atoms with Crippen LogP contribution in [-0.4, -0.2) is 52.3 Å². The van der Waals surface area contributed by atoms with Crippen molar-refractivity contribution in [1.29, 1.82) is 0 Å². The first kappa shape index (κ1) is 22.5. The molecule has 170 valence electrons. The number of hydrogen-bond acceptors (Lipinski definition) is 6.